The topological polar surface area (TPSA) is 80.4 Å². The number of fused-ring (bicyclic) bond motifs is 1. The summed E-state index contributed by atoms with van der Waals surface area (Å²) in [5.74, 6) is -1.55. The van der Waals surface area contributed by atoms with Crippen LogP contribution in [0.25, 0.3) is 16.8 Å². The van der Waals surface area contributed by atoms with Gasteiger partial charge in [-0.25, -0.2) is 4.79 Å². The molecule has 0 atom stereocenters. The molecule has 0 aliphatic rings. The molecule has 0 heterocycles. The van der Waals surface area contributed by atoms with Crippen LogP contribution in [0, 0.1) is 10.1 Å². The molecule has 0 radical (unpaired) electrons. The number of carbonyl (C=O) groups is 1. The Morgan fingerprint density at radius 3 is 2.50 bits per heavy atom. The van der Waals surface area contributed by atoms with Crippen LogP contribution in [-0.4, -0.2) is 16.0 Å². The number of aliphatic carboxylic acids is 1. The highest BCUT2D eigenvalue weighted by Crippen LogP contribution is 2.21. The van der Waals surface area contributed by atoms with E-state index in [1.54, 1.807) is 24.3 Å². The fourth-order valence-electron chi connectivity index (χ4n) is 1.72. The van der Waals surface area contributed by atoms with E-state index in [4.69, 9.17) is 5.11 Å². The maximum absolute atomic E-state index is 10.8. The third-order valence-corrected chi connectivity index (χ3v) is 2.53. The standard InChI is InChI=1S/C13H9NO4/c15-13(16)12(14(17)18)8-10-6-3-5-9-4-1-2-7-11(9)10/h1-8H,(H,15,16)/b12-8-. The Balaban J connectivity index is 2.64. The number of nitrogens with zero attached hydrogens (tertiary/aromatic N) is 1. The zero-order chi connectivity index (χ0) is 13.1. The molecule has 5 heteroatoms. The Hall–Kier alpha value is -2.69. The highest BCUT2D eigenvalue weighted by atomic mass is 16.6. The lowest BCUT2D eigenvalue weighted by Gasteiger charge is -2.01. The Morgan fingerprint density at radius 2 is 1.83 bits per heavy atom. The Bertz CT molecular complexity index is 640. The first-order chi connectivity index (χ1) is 8.59. The molecule has 0 aromatic heterocycles. The number of hydrogen-bond acceptors (Lipinski definition) is 3. The van der Waals surface area contributed by atoms with Crippen molar-refractivity contribution in [2.45, 2.75) is 0 Å². The molecule has 2 rings (SSSR count). The largest absolute Gasteiger partial charge is 0.473 e. The summed E-state index contributed by atoms with van der Waals surface area (Å²) in [5.41, 5.74) is -0.325. The third kappa shape index (κ3) is 2.20. The lowest BCUT2D eigenvalue weighted by molar-refractivity contribution is -0.419. The lowest BCUT2D eigenvalue weighted by atomic mass is 10.0. The zero-order valence-corrected chi connectivity index (χ0v) is 9.24. The van der Waals surface area contributed by atoms with Gasteiger partial charge in [0.25, 0.3) is 0 Å². The van der Waals surface area contributed by atoms with Gasteiger partial charge in [0, 0.05) is 6.08 Å². The molecule has 0 bridgehead atoms. The van der Waals surface area contributed by atoms with Crippen molar-refractivity contribution in [3.63, 3.8) is 0 Å². The quantitative estimate of drug-likeness (QED) is 0.510. The van der Waals surface area contributed by atoms with Crippen molar-refractivity contribution in [1.29, 1.82) is 0 Å². The molecule has 5 nitrogen and oxygen atoms in total. The van der Waals surface area contributed by atoms with Gasteiger partial charge in [-0.1, -0.05) is 42.5 Å². The highest BCUT2D eigenvalue weighted by molar-refractivity contribution is 5.96. The average Bonchev–Trinajstić information content (AvgIpc) is 2.35. The van der Waals surface area contributed by atoms with Crippen LogP contribution in [-0.2, 0) is 4.79 Å². The van der Waals surface area contributed by atoms with Gasteiger partial charge >= 0.3 is 11.7 Å². The molecule has 0 aliphatic carbocycles. The summed E-state index contributed by atoms with van der Waals surface area (Å²) in [7, 11) is 0. The molecule has 90 valence electrons. The molecule has 0 saturated carbocycles. The van der Waals surface area contributed by atoms with Gasteiger partial charge in [0.1, 0.15) is 0 Å². The van der Waals surface area contributed by atoms with Crippen LogP contribution in [0.3, 0.4) is 0 Å². The van der Waals surface area contributed by atoms with Crippen LogP contribution in [0.15, 0.2) is 48.2 Å². The smallest absolute Gasteiger partial charge is 0.407 e. The maximum Gasteiger partial charge on any atom is 0.407 e. The van der Waals surface area contributed by atoms with E-state index in [0.29, 0.717) is 5.56 Å². The van der Waals surface area contributed by atoms with E-state index in [9.17, 15) is 14.9 Å². The van der Waals surface area contributed by atoms with Crippen LogP contribution in [0.2, 0.25) is 0 Å². The second-order valence-corrected chi connectivity index (χ2v) is 3.66. The van der Waals surface area contributed by atoms with Gasteiger partial charge in [0.05, 0.1) is 4.92 Å². The molecule has 0 aliphatic heterocycles. The number of carboxylic acid groups (broad SMARTS) is 1. The number of hydrogen-bond donors (Lipinski definition) is 1. The monoisotopic (exact) mass is 243 g/mol. The molecule has 0 saturated heterocycles. The summed E-state index contributed by atoms with van der Waals surface area (Å²) in [5, 5.41) is 21.1. The highest BCUT2D eigenvalue weighted by Gasteiger charge is 2.20. The molecule has 1 N–H and O–H groups in total. The molecule has 0 unspecified atom stereocenters. The van der Waals surface area contributed by atoms with Gasteiger partial charge in [0.15, 0.2) is 0 Å². The zero-order valence-electron chi connectivity index (χ0n) is 9.24. The second kappa shape index (κ2) is 4.67. The number of rotatable bonds is 3. The van der Waals surface area contributed by atoms with Crippen LogP contribution in [0.1, 0.15) is 5.56 Å². The van der Waals surface area contributed by atoms with Crippen molar-refractivity contribution in [2.24, 2.45) is 0 Å². The average molecular weight is 243 g/mol. The van der Waals surface area contributed by atoms with Gasteiger partial charge in [-0.05, 0) is 16.3 Å². The van der Waals surface area contributed by atoms with E-state index < -0.39 is 16.6 Å². The number of carboxylic acids is 1. The van der Waals surface area contributed by atoms with E-state index >= 15 is 0 Å². The Labute approximate surface area is 102 Å². The van der Waals surface area contributed by atoms with Crippen molar-refractivity contribution in [2.75, 3.05) is 0 Å². The second-order valence-electron chi connectivity index (χ2n) is 3.66. The molecule has 2 aromatic rings. The minimum absolute atomic E-state index is 0.516. The van der Waals surface area contributed by atoms with Crippen LogP contribution < -0.4 is 0 Å². The Kier molecular flexibility index (Phi) is 3.05. The molecular weight excluding hydrogens is 234 g/mol. The fourth-order valence-corrected chi connectivity index (χ4v) is 1.72. The van der Waals surface area contributed by atoms with Crippen molar-refractivity contribution >= 4 is 22.8 Å². The molecule has 18 heavy (non-hydrogen) atoms. The van der Waals surface area contributed by atoms with Crippen molar-refractivity contribution in [1.82, 2.24) is 0 Å². The van der Waals surface area contributed by atoms with Crippen molar-refractivity contribution in [3.05, 3.63) is 63.8 Å². The van der Waals surface area contributed by atoms with Gasteiger partial charge in [-0.2, -0.15) is 0 Å². The first-order valence-electron chi connectivity index (χ1n) is 5.17. The summed E-state index contributed by atoms with van der Waals surface area (Å²) in [6.45, 7) is 0. The van der Waals surface area contributed by atoms with Crippen LogP contribution in [0.4, 0.5) is 0 Å². The minimum atomic E-state index is -1.55. The first kappa shape index (κ1) is 11.8. The van der Waals surface area contributed by atoms with Crippen molar-refractivity contribution in [3.8, 4) is 0 Å². The summed E-state index contributed by atoms with van der Waals surface area (Å²) in [6.07, 6.45) is 1.07. The van der Waals surface area contributed by atoms with Crippen LogP contribution in [0.5, 0.6) is 0 Å². The summed E-state index contributed by atoms with van der Waals surface area (Å²) < 4.78 is 0. The number of nitro groups is 1. The molecular formula is C13H9NO4. The minimum Gasteiger partial charge on any atom is -0.473 e. The molecule has 0 amide bonds. The molecule has 2 aromatic carbocycles. The van der Waals surface area contributed by atoms with Gasteiger partial charge in [-0.15, -0.1) is 0 Å². The van der Waals surface area contributed by atoms with Gasteiger partial charge < -0.3 is 5.11 Å². The SMILES string of the molecule is O=C(O)/C(=C/c1cccc2ccccc12)[N+](=O)[O-]. The predicted octanol–water partition coefficient (Wildman–Crippen LogP) is 2.54. The van der Waals surface area contributed by atoms with E-state index in [1.807, 2.05) is 18.2 Å². The fraction of sp³-hybridized carbons (Fsp3) is 0. The number of benzene rings is 2. The van der Waals surface area contributed by atoms with Crippen molar-refractivity contribution < 1.29 is 14.8 Å². The maximum atomic E-state index is 10.8. The predicted molar refractivity (Wildman–Crippen MR) is 66.6 cm³/mol. The van der Waals surface area contributed by atoms with Gasteiger partial charge in [-0.3, -0.25) is 10.1 Å². The normalized spacial score (nSPS) is 11.4. The van der Waals surface area contributed by atoms with E-state index in [0.717, 1.165) is 16.8 Å². The Morgan fingerprint density at radius 1 is 1.17 bits per heavy atom. The van der Waals surface area contributed by atoms with E-state index in [2.05, 4.69) is 0 Å². The molecule has 0 fully saturated rings. The van der Waals surface area contributed by atoms with Crippen LogP contribution >= 0.6 is 0 Å². The third-order valence-electron chi connectivity index (χ3n) is 2.53. The summed E-state index contributed by atoms with van der Waals surface area (Å²) >= 11 is 0. The molecule has 0 spiro atoms. The first-order valence-corrected chi connectivity index (χ1v) is 5.17. The van der Waals surface area contributed by atoms with Gasteiger partial charge in [0.2, 0.25) is 0 Å². The van der Waals surface area contributed by atoms with E-state index in [-0.39, 0.29) is 0 Å². The van der Waals surface area contributed by atoms with E-state index in [1.165, 1.54) is 0 Å². The lowest BCUT2D eigenvalue weighted by Crippen LogP contribution is -2.09. The summed E-state index contributed by atoms with van der Waals surface area (Å²) in [6, 6.07) is 12.5. The summed E-state index contributed by atoms with van der Waals surface area (Å²) in [4.78, 5) is 20.5.